The van der Waals surface area contributed by atoms with E-state index in [2.05, 4.69) is 15.9 Å². The summed E-state index contributed by atoms with van der Waals surface area (Å²) in [5.41, 5.74) is 0. The number of nitrogens with zero attached hydrogens (tertiary/aromatic N) is 1. The van der Waals surface area contributed by atoms with Gasteiger partial charge >= 0.3 is 0 Å². The average Bonchev–Trinajstić information content (AvgIpc) is 3.07. The molecule has 0 aromatic heterocycles. The zero-order valence-electron chi connectivity index (χ0n) is 9.36. The lowest BCUT2D eigenvalue weighted by Gasteiger charge is -2.19. The Morgan fingerprint density at radius 2 is 2.12 bits per heavy atom. The van der Waals surface area contributed by atoms with Crippen LogP contribution in [0.3, 0.4) is 0 Å². The smallest absolute Gasteiger partial charge is 0.207 e. The molecule has 0 N–H and O–H groups in total. The highest BCUT2D eigenvalue weighted by Crippen LogP contribution is 2.32. The molecule has 0 aliphatic heterocycles. The first kappa shape index (κ1) is 13.0. The standard InChI is InChI=1S/C11H13BrFNO2S/c1-2-14(8-3-4-8)17(15,16)9-5-6-10(12)11(13)7-9/h5-8H,2-4H2,1H3. The molecule has 17 heavy (non-hydrogen) atoms. The Kier molecular flexibility index (Phi) is 3.56. The molecule has 0 atom stereocenters. The van der Waals surface area contributed by atoms with Crippen LogP contribution in [0.4, 0.5) is 4.39 Å². The van der Waals surface area contributed by atoms with Crippen molar-refractivity contribution in [2.75, 3.05) is 6.54 Å². The predicted octanol–water partition coefficient (Wildman–Crippen LogP) is 2.76. The van der Waals surface area contributed by atoms with Crippen molar-refractivity contribution < 1.29 is 12.8 Å². The maximum absolute atomic E-state index is 13.4. The average molecular weight is 322 g/mol. The van der Waals surface area contributed by atoms with Crippen LogP contribution < -0.4 is 0 Å². The Hall–Kier alpha value is -0.460. The fourth-order valence-corrected chi connectivity index (χ4v) is 3.71. The first-order valence-corrected chi connectivity index (χ1v) is 7.67. The van der Waals surface area contributed by atoms with Crippen molar-refractivity contribution in [1.82, 2.24) is 4.31 Å². The van der Waals surface area contributed by atoms with E-state index in [0.717, 1.165) is 18.9 Å². The number of halogens is 2. The Bertz CT molecular complexity index is 528. The van der Waals surface area contributed by atoms with E-state index in [9.17, 15) is 12.8 Å². The monoisotopic (exact) mass is 321 g/mol. The van der Waals surface area contributed by atoms with Gasteiger partial charge in [-0.1, -0.05) is 6.92 Å². The van der Waals surface area contributed by atoms with Crippen LogP contribution in [0.1, 0.15) is 19.8 Å². The van der Waals surface area contributed by atoms with Crippen molar-refractivity contribution in [2.45, 2.75) is 30.7 Å². The number of hydrogen-bond acceptors (Lipinski definition) is 2. The molecule has 6 heteroatoms. The van der Waals surface area contributed by atoms with E-state index < -0.39 is 15.8 Å². The van der Waals surface area contributed by atoms with Gasteiger partial charge in [-0.25, -0.2) is 12.8 Å². The Balaban J connectivity index is 2.39. The SMILES string of the molecule is CCN(C1CC1)S(=O)(=O)c1ccc(Br)c(F)c1. The summed E-state index contributed by atoms with van der Waals surface area (Å²) in [4.78, 5) is 0.0203. The molecule has 2 rings (SSSR count). The van der Waals surface area contributed by atoms with Crippen LogP contribution in [0.25, 0.3) is 0 Å². The molecule has 1 aromatic rings. The van der Waals surface area contributed by atoms with E-state index in [4.69, 9.17) is 0 Å². The van der Waals surface area contributed by atoms with Crippen LogP contribution in [0.5, 0.6) is 0 Å². The highest BCUT2D eigenvalue weighted by molar-refractivity contribution is 9.10. The summed E-state index contributed by atoms with van der Waals surface area (Å²) in [6, 6.07) is 4.00. The fraction of sp³-hybridized carbons (Fsp3) is 0.455. The third kappa shape index (κ3) is 2.53. The summed E-state index contributed by atoms with van der Waals surface area (Å²) in [6.07, 6.45) is 1.79. The molecule has 3 nitrogen and oxygen atoms in total. The van der Waals surface area contributed by atoms with Crippen molar-refractivity contribution in [2.24, 2.45) is 0 Å². The summed E-state index contributed by atoms with van der Waals surface area (Å²) >= 11 is 3.01. The maximum atomic E-state index is 13.4. The number of hydrogen-bond donors (Lipinski definition) is 0. The van der Waals surface area contributed by atoms with Gasteiger partial charge in [-0.2, -0.15) is 4.31 Å². The van der Waals surface area contributed by atoms with Crippen LogP contribution in [-0.4, -0.2) is 25.3 Å². The molecule has 1 aromatic carbocycles. The summed E-state index contributed by atoms with van der Waals surface area (Å²) in [6.45, 7) is 2.22. The van der Waals surface area contributed by atoms with Crippen LogP contribution in [0.15, 0.2) is 27.6 Å². The second kappa shape index (κ2) is 4.66. The van der Waals surface area contributed by atoms with Gasteiger partial charge in [0.25, 0.3) is 0 Å². The molecule has 1 aliphatic rings. The van der Waals surface area contributed by atoms with Gasteiger partial charge in [0.2, 0.25) is 10.0 Å². The van der Waals surface area contributed by atoms with Crippen molar-refractivity contribution in [1.29, 1.82) is 0 Å². The van der Waals surface area contributed by atoms with Gasteiger partial charge in [0.05, 0.1) is 9.37 Å². The summed E-state index contributed by atoms with van der Waals surface area (Å²) in [5, 5.41) is 0. The lowest BCUT2D eigenvalue weighted by molar-refractivity contribution is 0.420. The topological polar surface area (TPSA) is 37.4 Å². The van der Waals surface area contributed by atoms with Crippen molar-refractivity contribution in [3.63, 3.8) is 0 Å². The Labute approximate surface area is 109 Å². The molecule has 0 spiro atoms. The molecule has 0 radical (unpaired) electrons. The van der Waals surface area contributed by atoms with Gasteiger partial charge in [0.15, 0.2) is 0 Å². The predicted molar refractivity (Wildman–Crippen MR) is 66.7 cm³/mol. The second-order valence-electron chi connectivity index (χ2n) is 4.02. The van der Waals surface area contributed by atoms with Gasteiger partial charge < -0.3 is 0 Å². The first-order chi connectivity index (χ1) is 7.96. The minimum Gasteiger partial charge on any atom is -0.207 e. The van der Waals surface area contributed by atoms with Gasteiger partial charge in [0, 0.05) is 12.6 Å². The fourth-order valence-electron chi connectivity index (χ4n) is 1.76. The summed E-state index contributed by atoms with van der Waals surface area (Å²) < 4.78 is 39.6. The first-order valence-electron chi connectivity index (χ1n) is 5.43. The van der Waals surface area contributed by atoms with E-state index in [0.29, 0.717) is 6.54 Å². The summed E-state index contributed by atoms with van der Waals surface area (Å²) in [7, 11) is -3.55. The van der Waals surface area contributed by atoms with E-state index in [1.165, 1.54) is 16.4 Å². The van der Waals surface area contributed by atoms with Crippen LogP contribution in [0.2, 0.25) is 0 Å². The largest absolute Gasteiger partial charge is 0.243 e. The van der Waals surface area contributed by atoms with E-state index in [1.54, 1.807) is 6.92 Å². The van der Waals surface area contributed by atoms with Crippen molar-refractivity contribution >= 4 is 26.0 Å². The van der Waals surface area contributed by atoms with Crippen LogP contribution in [-0.2, 0) is 10.0 Å². The summed E-state index contributed by atoms with van der Waals surface area (Å²) in [5.74, 6) is -0.557. The minimum atomic E-state index is -3.55. The van der Waals surface area contributed by atoms with E-state index in [-0.39, 0.29) is 15.4 Å². The minimum absolute atomic E-state index is 0.0203. The normalized spacial score (nSPS) is 16.5. The highest BCUT2D eigenvalue weighted by Gasteiger charge is 2.37. The molecule has 0 saturated heterocycles. The van der Waals surface area contributed by atoms with E-state index in [1.807, 2.05) is 0 Å². The third-order valence-electron chi connectivity index (χ3n) is 2.76. The van der Waals surface area contributed by atoms with Gasteiger partial charge in [0.1, 0.15) is 5.82 Å². The molecule has 1 aliphatic carbocycles. The second-order valence-corrected chi connectivity index (χ2v) is 6.76. The molecule has 94 valence electrons. The molecular formula is C11H13BrFNO2S. The number of benzene rings is 1. The number of rotatable bonds is 4. The lowest BCUT2D eigenvalue weighted by Crippen LogP contribution is -2.32. The van der Waals surface area contributed by atoms with Gasteiger partial charge in [-0.05, 0) is 47.0 Å². The van der Waals surface area contributed by atoms with Gasteiger partial charge in [-0.15, -0.1) is 0 Å². The quantitative estimate of drug-likeness (QED) is 0.855. The lowest BCUT2D eigenvalue weighted by atomic mass is 10.3. The molecular weight excluding hydrogens is 309 g/mol. The Morgan fingerprint density at radius 1 is 1.47 bits per heavy atom. The van der Waals surface area contributed by atoms with Crippen molar-refractivity contribution in [3.05, 3.63) is 28.5 Å². The molecule has 1 fully saturated rings. The molecule has 0 unspecified atom stereocenters. The molecule has 0 amide bonds. The maximum Gasteiger partial charge on any atom is 0.243 e. The van der Waals surface area contributed by atoms with Gasteiger partial charge in [-0.3, -0.25) is 0 Å². The van der Waals surface area contributed by atoms with Crippen LogP contribution in [0, 0.1) is 5.82 Å². The molecule has 0 bridgehead atoms. The zero-order chi connectivity index (χ0) is 12.6. The third-order valence-corrected chi connectivity index (χ3v) is 5.43. The van der Waals surface area contributed by atoms with Crippen molar-refractivity contribution in [3.8, 4) is 0 Å². The molecule has 1 saturated carbocycles. The van der Waals surface area contributed by atoms with Crippen LogP contribution >= 0.6 is 15.9 Å². The highest BCUT2D eigenvalue weighted by atomic mass is 79.9. The zero-order valence-corrected chi connectivity index (χ0v) is 11.8. The Morgan fingerprint density at radius 3 is 2.59 bits per heavy atom. The molecule has 0 heterocycles. The van der Waals surface area contributed by atoms with E-state index >= 15 is 0 Å². The number of sulfonamides is 1.